The van der Waals surface area contributed by atoms with E-state index in [0.717, 1.165) is 23.8 Å². The molecule has 2 heterocycles. The molecule has 0 radical (unpaired) electrons. The molecule has 2 aliphatic heterocycles. The molecule has 0 aromatic heterocycles. The molecule has 1 saturated heterocycles. The van der Waals surface area contributed by atoms with E-state index in [1.54, 1.807) is 29.3 Å². The highest BCUT2D eigenvalue weighted by Gasteiger charge is 2.38. The van der Waals surface area contributed by atoms with Gasteiger partial charge in [0.05, 0.1) is 11.7 Å². The number of rotatable bonds is 10. The Bertz CT molecular complexity index is 1410. The van der Waals surface area contributed by atoms with Crippen molar-refractivity contribution in [2.24, 2.45) is 5.73 Å². The highest BCUT2D eigenvalue weighted by Crippen LogP contribution is 2.42. The van der Waals surface area contributed by atoms with Gasteiger partial charge in [0.25, 0.3) is 5.91 Å². The maximum Gasteiger partial charge on any atom is 0.410 e. The lowest BCUT2D eigenvalue weighted by Gasteiger charge is -2.33. The molecule has 0 saturated carbocycles. The monoisotopic (exact) mass is 576 g/mol. The van der Waals surface area contributed by atoms with E-state index in [4.69, 9.17) is 15.9 Å². The third-order valence-electron chi connectivity index (χ3n) is 7.63. The van der Waals surface area contributed by atoms with E-state index in [9.17, 15) is 19.2 Å². The van der Waals surface area contributed by atoms with E-state index in [-0.39, 0.29) is 18.0 Å². The first-order valence-corrected chi connectivity index (χ1v) is 14.3. The fourth-order valence-electron chi connectivity index (χ4n) is 5.58. The minimum atomic E-state index is -0.828. The lowest BCUT2D eigenvalue weighted by molar-refractivity contribution is -0.126. The summed E-state index contributed by atoms with van der Waals surface area (Å²) in [5, 5.41) is 15.1. The standard InChI is InChI=1S/C31H40N6O5/c1-5-7-25(28(39)35-18-38)37-24-11-10-22(21-8-6-9-23(26(21)24)29(37)40)27(33)19(16-32)17-34-20-12-14-36(15-13-20)30(41)42-31(2,3)4/h6,8-11,16-18,20,25,27,32,34H,5,7,12-15,33H2,1-4H3,(H,35,38,39)/b19-17+,32-16?. The third kappa shape index (κ3) is 6.30. The summed E-state index contributed by atoms with van der Waals surface area (Å²) in [6, 6.07) is 7.63. The van der Waals surface area contributed by atoms with Gasteiger partial charge in [0.1, 0.15) is 11.6 Å². The second kappa shape index (κ2) is 12.7. The van der Waals surface area contributed by atoms with Gasteiger partial charge in [-0.1, -0.05) is 31.5 Å². The molecule has 2 aliphatic rings. The van der Waals surface area contributed by atoms with Crippen LogP contribution in [0, 0.1) is 5.41 Å². The minimum absolute atomic E-state index is 0.109. The quantitative estimate of drug-likeness (QED) is 0.248. The van der Waals surface area contributed by atoms with Crippen LogP contribution in [0.15, 0.2) is 42.1 Å². The molecular formula is C31H40N6O5. The van der Waals surface area contributed by atoms with Gasteiger partial charge in [-0.25, -0.2) is 4.79 Å². The molecule has 2 aromatic rings. The third-order valence-corrected chi connectivity index (χ3v) is 7.63. The first kappa shape index (κ1) is 30.7. The van der Waals surface area contributed by atoms with Crippen LogP contribution in [0.2, 0.25) is 0 Å². The van der Waals surface area contributed by atoms with Crippen molar-refractivity contribution >= 4 is 47.0 Å². The number of ether oxygens (including phenoxy) is 1. The maximum absolute atomic E-state index is 13.5. The van der Waals surface area contributed by atoms with E-state index in [1.807, 2.05) is 39.8 Å². The average Bonchev–Trinajstić information content (AvgIpc) is 3.24. The van der Waals surface area contributed by atoms with Crippen molar-refractivity contribution < 1.29 is 23.9 Å². The number of benzene rings is 2. The van der Waals surface area contributed by atoms with Crippen LogP contribution in [0.3, 0.4) is 0 Å². The van der Waals surface area contributed by atoms with Crippen LogP contribution in [0.1, 0.15) is 75.3 Å². The molecule has 0 bridgehead atoms. The summed E-state index contributed by atoms with van der Waals surface area (Å²) < 4.78 is 5.48. The first-order valence-electron chi connectivity index (χ1n) is 14.3. The van der Waals surface area contributed by atoms with Gasteiger partial charge in [-0.3, -0.25) is 24.6 Å². The number of likely N-dealkylation sites (tertiary alicyclic amines) is 1. The number of hydrogen-bond acceptors (Lipinski definition) is 8. The Morgan fingerprint density at radius 1 is 1.19 bits per heavy atom. The predicted octanol–water partition coefficient (Wildman–Crippen LogP) is 3.76. The number of nitrogens with one attached hydrogen (secondary N) is 3. The van der Waals surface area contributed by atoms with Crippen LogP contribution in [0.4, 0.5) is 10.5 Å². The van der Waals surface area contributed by atoms with Crippen LogP contribution in [0.25, 0.3) is 10.8 Å². The number of imide groups is 1. The molecule has 1 fully saturated rings. The SMILES string of the molecule is CCCC(C(=O)NC=O)N1C(=O)c2cccc3c(C(N)/C(C=N)=C/NC4CCN(C(=O)OC(C)(C)C)CC4)ccc1c23. The largest absolute Gasteiger partial charge is 0.444 e. The molecule has 0 spiro atoms. The zero-order valence-electron chi connectivity index (χ0n) is 24.6. The fraction of sp³-hybridized carbons (Fsp3) is 0.452. The topological polar surface area (TPSA) is 158 Å². The molecule has 5 N–H and O–H groups in total. The maximum atomic E-state index is 13.5. The molecular weight excluding hydrogens is 536 g/mol. The van der Waals surface area contributed by atoms with Crippen LogP contribution < -0.4 is 21.3 Å². The van der Waals surface area contributed by atoms with Gasteiger partial charge in [0.15, 0.2) is 0 Å². The van der Waals surface area contributed by atoms with E-state index in [0.29, 0.717) is 54.6 Å². The van der Waals surface area contributed by atoms with Crippen molar-refractivity contribution in [3.8, 4) is 0 Å². The average molecular weight is 577 g/mol. The smallest absolute Gasteiger partial charge is 0.410 e. The first-order chi connectivity index (χ1) is 20.0. The lowest BCUT2D eigenvalue weighted by Crippen LogP contribution is -2.48. The Morgan fingerprint density at radius 3 is 2.52 bits per heavy atom. The van der Waals surface area contributed by atoms with Crippen molar-refractivity contribution in [3.63, 3.8) is 0 Å². The van der Waals surface area contributed by atoms with E-state index in [1.165, 1.54) is 11.1 Å². The van der Waals surface area contributed by atoms with Crippen LogP contribution in [0.5, 0.6) is 0 Å². The van der Waals surface area contributed by atoms with E-state index in [2.05, 4.69) is 10.6 Å². The Hall–Kier alpha value is -4.25. The Kier molecular flexibility index (Phi) is 9.30. The number of amides is 4. The number of carbonyl (C=O) groups excluding carboxylic acids is 4. The second-order valence-corrected chi connectivity index (χ2v) is 11.7. The van der Waals surface area contributed by atoms with Gasteiger partial charge in [-0.05, 0) is 63.1 Å². The number of carbonyl (C=O) groups is 4. The predicted molar refractivity (Wildman–Crippen MR) is 161 cm³/mol. The molecule has 4 amide bonds. The summed E-state index contributed by atoms with van der Waals surface area (Å²) in [6.07, 6.45) is 5.49. The molecule has 11 heteroatoms. The highest BCUT2D eigenvalue weighted by molar-refractivity contribution is 6.27. The van der Waals surface area contributed by atoms with Gasteiger partial charge < -0.3 is 26.1 Å². The van der Waals surface area contributed by atoms with E-state index < -0.39 is 23.6 Å². The Balaban J connectivity index is 1.55. The van der Waals surface area contributed by atoms with Crippen molar-refractivity contribution in [1.82, 2.24) is 15.5 Å². The van der Waals surface area contributed by atoms with Crippen LogP contribution >= 0.6 is 0 Å². The molecule has 4 rings (SSSR count). The minimum Gasteiger partial charge on any atom is -0.444 e. The normalized spacial score (nSPS) is 17.2. The molecule has 0 aliphatic carbocycles. The summed E-state index contributed by atoms with van der Waals surface area (Å²) in [6.45, 7) is 8.58. The van der Waals surface area contributed by atoms with Gasteiger partial charge in [-0.15, -0.1) is 0 Å². The summed E-state index contributed by atoms with van der Waals surface area (Å²) in [5.41, 5.74) is 8.52. The summed E-state index contributed by atoms with van der Waals surface area (Å²) in [4.78, 5) is 52.8. The highest BCUT2D eigenvalue weighted by atomic mass is 16.6. The fourth-order valence-corrected chi connectivity index (χ4v) is 5.58. The zero-order chi connectivity index (χ0) is 30.6. The molecule has 2 aromatic carbocycles. The molecule has 2 unspecified atom stereocenters. The number of piperidine rings is 1. The number of hydrogen-bond donors (Lipinski definition) is 4. The molecule has 11 nitrogen and oxygen atoms in total. The number of nitrogens with two attached hydrogens (primary N) is 1. The van der Waals surface area contributed by atoms with Gasteiger partial charge in [0.2, 0.25) is 12.3 Å². The summed E-state index contributed by atoms with van der Waals surface area (Å²) >= 11 is 0. The van der Waals surface area contributed by atoms with Gasteiger partial charge in [0, 0.05) is 48.1 Å². The second-order valence-electron chi connectivity index (χ2n) is 11.7. The van der Waals surface area contributed by atoms with Gasteiger partial charge in [-0.2, -0.15) is 0 Å². The molecule has 224 valence electrons. The lowest BCUT2D eigenvalue weighted by atomic mass is 9.93. The van der Waals surface area contributed by atoms with Crippen molar-refractivity contribution in [1.29, 1.82) is 5.41 Å². The molecule has 2 atom stereocenters. The van der Waals surface area contributed by atoms with Crippen molar-refractivity contribution in [2.45, 2.75) is 77.1 Å². The number of anilines is 1. The summed E-state index contributed by atoms with van der Waals surface area (Å²) in [5.74, 6) is -0.831. The van der Waals surface area contributed by atoms with Crippen LogP contribution in [-0.2, 0) is 14.3 Å². The number of nitrogens with zero attached hydrogens (tertiary/aromatic N) is 2. The van der Waals surface area contributed by atoms with E-state index >= 15 is 0 Å². The van der Waals surface area contributed by atoms with Crippen molar-refractivity contribution in [2.75, 3.05) is 18.0 Å². The van der Waals surface area contributed by atoms with Crippen LogP contribution in [-0.4, -0.2) is 66.2 Å². The zero-order valence-corrected chi connectivity index (χ0v) is 24.6. The Labute approximate surface area is 245 Å². The van der Waals surface area contributed by atoms with Crippen molar-refractivity contribution in [3.05, 3.63) is 53.2 Å². The van der Waals surface area contributed by atoms with Gasteiger partial charge >= 0.3 is 6.09 Å². The summed E-state index contributed by atoms with van der Waals surface area (Å²) in [7, 11) is 0. The Morgan fingerprint density at radius 2 is 1.90 bits per heavy atom. The molecule has 42 heavy (non-hydrogen) atoms.